The van der Waals surface area contributed by atoms with Crippen LogP contribution in [-0.2, 0) is 4.74 Å². The molecule has 3 amide bonds. The van der Waals surface area contributed by atoms with Crippen molar-refractivity contribution < 1.29 is 23.1 Å². The van der Waals surface area contributed by atoms with Gasteiger partial charge < -0.3 is 24.8 Å². The molecule has 1 aromatic carbocycles. The third kappa shape index (κ3) is 6.47. The molecule has 1 aliphatic rings. The minimum Gasteiger partial charge on any atom is -0.444 e. The monoisotopic (exact) mass is 426 g/mol. The molecule has 0 aliphatic carbocycles. The Labute approximate surface area is 176 Å². The van der Waals surface area contributed by atoms with Crippen molar-refractivity contribution in [2.45, 2.75) is 39.2 Å². The Morgan fingerprint density at radius 1 is 1.20 bits per heavy atom. The molecule has 1 N–H and O–H groups in total. The predicted octanol–water partition coefficient (Wildman–Crippen LogP) is 4.14. The van der Waals surface area contributed by atoms with Crippen LogP contribution in [0.5, 0.6) is 0 Å². The third-order valence-corrected chi connectivity index (χ3v) is 4.76. The van der Waals surface area contributed by atoms with Crippen LogP contribution in [0, 0.1) is 17.6 Å². The predicted molar refractivity (Wildman–Crippen MR) is 113 cm³/mol. The van der Waals surface area contributed by atoms with Gasteiger partial charge in [0.15, 0.2) is 11.6 Å². The van der Waals surface area contributed by atoms with Gasteiger partial charge in [0.25, 0.3) is 0 Å². The Hall–Kier alpha value is -2.58. The molecule has 1 fully saturated rings. The Morgan fingerprint density at radius 3 is 2.33 bits per heavy atom. The summed E-state index contributed by atoms with van der Waals surface area (Å²) >= 11 is 0. The minimum atomic E-state index is -0.745. The van der Waals surface area contributed by atoms with E-state index < -0.39 is 29.4 Å². The zero-order valence-corrected chi connectivity index (χ0v) is 18.6. The summed E-state index contributed by atoms with van der Waals surface area (Å²) in [6.45, 7) is 6.87. The van der Waals surface area contributed by atoms with E-state index in [1.54, 1.807) is 26.0 Å². The van der Waals surface area contributed by atoms with Gasteiger partial charge in [-0.3, -0.25) is 0 Å². The summed E-state index contributed by atoms with van der Waals surface area (Å²) in [5, 5.41) is 2.57. The highest BCUT2D eigenvalue weighted by Gasteiger charge is 2.27. The highest BCUT2D eigenvalue weighted by Crippen LogP contribution is 2.26. The van der Waals surface area contributed by atoms with Gasteiger partial charge in [0.2, 0.25) is 0 Å². The Balaban J connectivity index is 1.97. The van der Waals surface area contributed by atoms with Gasteiger partial charge in [-0.15, -0.1) is 0 Å². The van der Waals surface area contributed by atoms with E-state index in [4.69, 9.17) is 4.74 Å². The third-order valence-electron chi connectivity index (χ3n) is 4.76. The molecule has 0 aromatic heterocycles. The number of anilines is 2. The molecule has 1 heterocycles. The fourth-order valence-corrected chi connectivity index (χ4v) is 3.47. The fraction of sp³-hybridized carbons (Fsp3) is 0.619. The lowest BCUT2D eigenvalue weighted by atomic mass is 9.98. The second-order valence-electron chi connectivity index (χ2n) is 8.93. The first kappa shape index (κ1) is 23.7. The maximum absolute atomic E-state index is 14.2. The van der Waals surface area contributed by atoms with Crippen LogP contribution in [0.3, 0.4) is 0 Å². The smallest absolute Gasteiger partial charge is 0.410 e. The molecule has 168 valence electrons. The van der Waals surface area contributed by atoms with Crippen molar-refractivity contribution in [3.8, 4) is 0 Å². The van der Waals surface area contributed by atoms with Crippen molar-refractivity contribution in [2.75, 3.05) is 51.0 Å². The number of ether oxygens (including phenoxy) is 1. The lowest BCUT2D eigenvalue weighted by Crippen LogP contribution is -2.46. The SMILES string of the molecule is CN(CC1CCCN(C(=O)Nc2cc(F)c(N(C)C)c(F)c2)C1)C(=O)OC(C)(C)C. The molecule has 0 radical (unpaired) electrons. The second-order valence-corrected chi connectivity index (χ2v) is 8.93. The number of urea groups is 1. The van der Waals surface area contributed by atoms with E-state index in [0.717, 1.165) is 25.0 Å². The van der Waals surface area contributed by atoms with Gasteiger partial charge in [0.1, 0.15) is 11.3 Å². The van der Waals surface area contributed by atoms with Crippen molar-refractivity contribution in [3.63, 3.8) is 0 Å². The molecule has 0 bridgehead atoms. The van der Waals surface area contributed by atoms with Gasteiger partial charge in [-0.1, -0.05) is 0 Å². The van der Waals surface area contributed by atoms with Gasteiger partial charge in [-0.05, 0) is 51.7 Å². The molecule has 7 nitrogen and oxygen atoms in total. The number of hydrogen-bond donors (Lipinski definition) is 1. The first-order valence-electron chi connectivity index (χ1n) is 10.0. The van der Waals surface area contributed by atoms with Crippen LogP contribution in [0.4, 0.5) is 29.7 Å². The first-order valence-corrected chi connectivity index (χ1v) is 10.0. The van der Waals surface area contributed by atoms with Crippen molar-refractivity contribution in [2.24, 2.45) is 5.92 Å². The number of piperidine rings is 1. The average molecular weight is 427 g/mol. The fourth-order valence-electron chi connectivity index (χ4n) is 3.47. The number of carbonyl (C=O) groups excluding carboxylic acids is 2. The number of rotatable bonds is 4. The van der Waals surface area contributed by atoms with Gasteiger partial charge in [-0.25, -0.2) is 18.4 Å². The summed E-state index contributed by atoms with van der Waals surface area (Å²) < 4.78 is 33.7. The Morgan fingerprint density at radius 2 is 1.80 bits per heavy atom. The van der Waals surface area contributed by atoms with Crippen LogP contribution in [0.1, 0.15) is 33.6 Å². The molecule has 1 aromatic rings. The summed E-state index contributed by atoms with van der Waals surface area (Å²) in [5.41, 5.74) is -0.666. The van der Waals surface area contributed by atoms with Crippen LogP contribution < -0.4 is 10.2 Å². The molecular formula is C21H32F2N4O3. The van der Waals surface area contributed by atoms with Gasteiger partial charge in [-0.2, -0.15) is 0 Å². The zero-order valence-electron chi connectivity index (χ0n) is 18.6. The van der Waals surface area contributed by atoms with Crippen molar-refractivity contribution in [3.05, 3.63) is 23.8 Å². The minimum absolute atomic E-state index is 0.0635. The first-order chi connectivity index (χ1) is 13.9. The van der Waals surface area contributed by atoms with Crippen LogP contribution >= 0.6 is 0 Å². The highest BCUT2D eigenvalue weighted by molar-refractivity contribution is 5.89. The second kappa shape index (κ2) is 9.49. The van der Waals surface area contributed by atoms with E-state index in [-0.39, 0.29) is 17.3 Å². The molecule has 2 rings (SSSR count). The van der Waals surface area contributed by atoms with E-state index in [1.165, 1.54) is 9.80 Å². The van der Waals surface area contributed by atoms with E-state index in [2.05, 4.69) is 5.32 Å². The van der Waals surface area contributed by atoms with E-state index in [9.17, 15) is 18.4 Å². The molecule has 9 heteroatoms. The highest BCUT2D eigenvalue weighted by atomic mass is 19.1. The number of benzene rings is 1. The molecule has 0 spiro atoms. The van der Waals surface area contributed by atoms with Crippen molar-refractivity contribution in [1.29, 1.82) is 0 Å². The lowest BCUT2D eigenvalue weighted by molar-refractivity contribution is 0.0253. The van der Waals surface area contributed by atoms with Crippen LogP contribution in [0.15, 0.2) is 12.1 Å². The summed E-state index contributed by atoms with van der Waals surface area (Å²) in [6.07, 6.45) is 1.25. The molecular weight excluding hydrogens is 394 g/mol. The van der Waals surface area contributed by atoms with Crippen molar-refractivity contribution in [1.82, 2.24) is 9.80 Å². The molecule has 30 heavy (non-hydrogen) atoms. The summed E-state index contributed by atoms with van der Waals surface area (Å²) in [5.74, 6) is -1.40. The number of likely N-dealkylation sites (tertiary alicyclic amines) is 1. The quantitative estimate of drug-likeness (QED) is 0.786. The largest absolute Gasteiger partial charge is 0.444 e. The van der Waals surface area contributed by atoms with Crippen LogP contribution in [0.2, 0.25) is 0 Å². The van der Waals surface area contributed by atoms with Crippen LogP contribution in [-0.4, -0.2) is 68.3 Å². The summed E-state index contributed by atoms with van der Waals surface area (Å²) in [7, 11) is 4.76. The number of nitrogens with zero attached hydrogens (tertiary/aromatic N) is 3. The number of hydrogen-bond acceptors (Lipinski definition) is 4. The van der Waals surface area contributed by atoms with Gasteiger partial charge in [0.05, 0.1) is 0 Å². The number of amides is 3. The number of halogens is 2. The molecule has 1 atom stereocenters. The summed E-state index contributed by atoms with van der Waals surface area (Å²) in [4.78, 5) is 29.2. The zero-order chi connectivity index (χ0) is 22.6. The maximum Gasteiger partial charge on any atom is 0.410 e. The molecule has 1 unspecified atom stereocenters. The van der Waals surface area contributed by atoms with Crippen LogP contribution in [0.25, 0.3) is 0 Å². The maximum atomic E-state index is 14.2. The van der Waals surface area contributed by atoms with E-state index >= 15 is 0 Å². The Kier molecular flexibility index (Phi) is 7.49. The normalized spacial score (nSPS) is 16.8. The topological polar surface area (TPSA) is 65.1 Å². The number of nitrogens with one attached hydrogen (secondary N) is 1. The van der Waals surface area contributed by atoms with E-state index in [0.29, 0.717) is 19.6 Å². The summed E-state index contributed by atoms with van der Waals surface area (Å²) in [6, 6.07) is 1.79. The Bertz CT molecular complexity index is 757. The average Bonchev–Trinajstić information content (AvgIpc) is 2.59. The molecule has 0 saturated carbocycles. The van der Waals surface area contributed by atoms with Gasteiger partial charge >= 0.3 is 12.1 Å². The van der Waals surface area contributed by atoms with Crippen molar-refractivity contribution >= 4 is 23.5 Å². The number of carbonyl (C=O) groups is 2. The molecule has 1 saturated heterocycles. The van der Waals surface area contributed by atoms with Gasteiger partial charge in [0, 0.05) is 46.5 Å². The lowest BCUT2D eigenvalue weighted by Gasteiger charge is -2.35. The standard InChI is InChI=1S/C21H32F2N4O3/c1-21(2,3)30-20(29)26(6)12-14-8-7-9-27(13-14)19(28)24-15-10-16(22)18(25(4)5)17(23)11-15/h10-11,14H,7-9,12-13H2,1-6H3,(H,24,28). The van der Waals surface area contributed by atoms with E-state index in [1.807, 2.05) is 20.8 Å². The molecule has 1 aliphatic heterocycles.